The fraction of sp³-hybridized carbons (Fsp3) is 0.217. The van der Waals surface area contributed by atoms with E-state index in [-0.39, 0.29) is 0 Å². The largest absolute Gasteiger partial charge is 0.139 e. The normalized spacial score (nSPS) is 11.5. The Balaban J connectivity index is 1.08. The number of rotatable bonds is 14. The van der Waals surface area contributed by atoms with Gasteiger partial charge in [0.1, 0.15) is 0 Å². The lowest BCUT2D eigenvalue weighted by atomic mass is 9.98. The Bertz CT molecular complexity index is 2460. The van der Waals surface area contributed by atoms with Crippen molar-refractivity contribution in [1.29, 1.82) is 0 Å². The van der Waals surface area contributed by atoms with Crippen molar-refractivity contribution in [3.05, 3.63) is 130 Å². The van der Waals surface area contributed by atoms with Crippen LogP contribution in [-0.2, 0) is 19.3 Å². The quantitative estimate of drug-likeness (QED) is 0.0959. The number of hydrogen-bond acceptors (Lipinski definition) is 6. The van der Waals surface area contributed by atoms with Gasteiger partial charge in [-0.2, -0.15) is 0 Å². The highest BCUT2D eigenvalue weighted by Gasteiger charge is 2.21. The number of unbranched alkanes of at least 4 members (excludes halogenated alkanes) is 3. The van der Waals surface area contributed by atoms with E-state index in [1.165, 1.54) is 119 Å². The van der Waals surface area contributed by atoms with Crippen molar-refractivity contribution in [2.24, 2.45) is 0 Å². The SMILES string of the molecule is CCCCCCc1ccc(-c2cc(-c3ccccc3CC)c(-c3ccc(-c4ccc(-c5ccc(-c6sc(Cl)cc6-c6ccccc6CC)s5)s4)s3)s2)s1. The van der Waals surface area contributed by atoms with Crippen molar-refractivity contribution < 1.29 is 0 Å². The minimum Gasteiger partial charge on any atom is -0.139 e. The maximum atomic E-state index is 6.65. The van der Waals surface area contributed by atoms with E-state index in [0.29, 0.717) is 0 Å². The summed E-state index contributed by atoms with van der Waals surface area (Å²) in [6.45, 7) is 6.77. The second-order valence-corrected chi connectivity index (χ2v) is 20.4. The van der Waals surface area contributed by atoms with Crippen LogP contribution in [0.15, 0.2) is 109 Å². The molecule has 0 aliphatic rings. The first-order valence-corrected chi connectivity index (χ1v) is 23.8. The van der Waals surface area contributed by atoms with Gasteiger partial charge in [0.25, 0.3) is 0 Å². The van der Waals surface area contributed by atoms with E-state index in [1.54, 1.807) is 11.3 Å². The highest BCUT2D eigenvalue weighted by Crippen LogP contribution is 2.51. The van der Waals surface area contributed by atoms with Crippen LogP contribution in [0.5, 0.6) is 0 Å². The average molecular weight is 822 g/mol. The van der Waals surface area contributed by atoms with E-state index in [2.05, 4.69) is 130 Å². The molecule has 268 valence electrons. The van der Waals surface area contributed by atoms with Crippen molar-refractivity contribution >= 4 is 79.6 Å². The lowest BCUT2D eigenvalue weighted by Gasteiger charge is -2.08. The Morgan fingerprint density at radius 2 is 0.906 bits per heavy atom. The minimum atomic E-state index is 0.833. The molecule has 53 heavy (non-hydrogen) atoms. The molecule has 0 saturated carbocycles. The monoisotopic (exact) mass is 820 g/mol. The van der Waals surface area contributed by atoms with Gasteiger partial charge in [-0.25, -0.2) is 0 Å². The van der Waals surface area contributed by atoms with Crippen molar-refractivity contribution in [3.8, 4) is 71.0 Å². The standard InChI is InChI=1S/C46H41ClS6/c1-4-7-8-9-16-31-19-20-40(48-31)43-27-34(32-17-12-10-14-29(32)5-2)45(52-43)41-25-23-38(50-41)36-21-22-37(49-36)39-24-26-42(51-39)46-35(28-44(47)53-46)33-18-13-11-15-30(33)6-3/h10-15,17-28H,4-9,16H2,1-3H3. The molecule has 0 N–H and O–H groups in total. The van der Waals surface area contributed by atoms with E-state index in [9.17, 15) is 0 Å². The van der Waals surface area contributed by atoms with Gasteiger partial charge in [-0.05, 0) is 109 Å². The molecule has 0 nitrogen and oxygen atoms in total. The van der Waals surface area contributed by atoms with Gasteiger partial charge < -0.3 is 0 Å². The van der Waals surface area contributed by atoms with E-state index in [4.69, 9.17) is 11.6 Å². The fourth-order valence-electron chi connectivity index (χ4n) is 6.98. The van der Waals surface area contributed by atoms with Gasteiger partial charge >= 0.3 is 0 Å². The lowest BCUT2D eigenvalue weighted by Crippen LogP contribution is -1.86. The summed E-state index contributed by atoms with van der Waals surface area (Å²) in [6.07, 6.45) is 8.43. The fourth-order valence-corrected chi connectivity index (χ4v) is 14.0. The molecule has 0 aliphatic carbocycles. The molecule has 0 fully saturated rings. The molecule has 6 heterocycles. The molecule has 8 rings (SSSR count). The van der Waals surface area contributed by atoms with Crippen molar-refractivity contribution in [2.45, 2.75) is 65.7 Å². The zero-order valence-corrected chi connectivity index (χ0v) is 35.8. The van der Waals surface area contributed by atoms with E-state index in [0.717, 1.165) is 17.2 Å². The van der Waals surface area contributed by atoms with E-state index in [1.807, 2.05) is 56.7 Å². The van der Waals surface area contributed by atoms with Crippen LogP contribution in [0.1, 0.15) is 62.5 Å². The molecule has 0 amide bonds. The Labute approximate surface area is 343 Å². The minimum absolute atomic E-state index is 0.833. The third kappa shape index (κ3) is 7.88. The number of benzene rings is 2. The first kappa shape index (κ1) is 36.9. The number of halogens is 1. The molecule has 0 unspecified atom stereocenters. The second-order valence-electron chi connectivity index (χ2n) is 13.2. The smallest absolute Gasteiger partial charge is 0.0941 e. The Kier molecular flexibility index (Phi) is 11.7. The molecule has 0 aliphatic heterocycles. The van der Waals surface area contributed by atoms with Gasteiger partial charge in [-0.15, -0.1) is 68.0 Å². The summed E-state index contributed by atoms with van der Waals surface area (Å²) in [6, 6.07) is 40.8. The highest BCUT2D eigenvalue weighted by molar-refractivity contribution is 7.31. The van der Waals surface area contributed by atoms with Crippen LogP contribution in [0, 0.1) is 0 Å². The predicted octanol–water partition coefficient (Wildman–Crippen LogP) is 17.6. The molecular weight excluding hydrogens is 780 g/mol. The van der Waals surface area contributed by atoms with Gasteiger partial charge in [0.2, 0.25) is 0 Å². The van der Waals surface area contributed by atoms with Crippen LogP contribution >= 0.6 is 79.6 Å². The molecule has 2 aromatic carbocycles. The second kappa shape index (κ2) is 16.7. The van der Waals surface area contributed by atoms with Gasteiger partial charge in [0, 0.05) is 55.0 Å². The number of thiophene rings is 6. The molecule has 8 aromatic rings. The molecule has 0 bridgehead atoms. The summed E-state index contributed by atoms with van der Waals surface area (Å²) >= 11 is 17.9. The van der Waals surface area contributed by atoms with Crippen LogP contribution in [0.25, 0.3) is 71.0 Å². The molecule has 0 saturated heterocycles. The molecular formula is C46H41ClS6. The first-order chi connectivity index (χ1) is 26.0. The summed E-state index contributed by atoms with van der Waals surface area (Å²) in [5.74, 6) is 0. The maximum absolute atomic E-state index is 6.65. The summed E-state index contributed by atoms with van der Waals surface area (Å²) in [7, 11) is 0. The molecule has 0 atom stereocenters. The average Bonchev–Trinajstić information content (AvgIpc) is 4.04. The Hall–Kier alpha value is -3.07. The number of hydrogen-bond donors (Lipinski definition) is 0. The lowest BCUT2D eigenvalue weighted by molar-refractivity contribution is 0.670. The maximum Gasteiger partial charge on any atom is 0.0941 e. The summed E-state index contributed by atoms with van der Waals surface area (Å²) in [4.78, 5) is 14.8. The van der Waals surface area contributed by atoms with Crippen molar-refractivity contribution in [3.63, 3.8) is 0 Å². The molecule has 6 aromatic heterocycles. The van der Waals surface area contributed by atoms with Crippen molar-refractivity contribution in [2.75, 3.05) is 0 Å². The zero-order chi connectivity index (χ0) is 36.3. The Morgan fingerprint density at radius 1 is 0.415 bits per heavy atom. The van der Waals surface area contributed by atoms with Gasteiger partial charge in [-0.1, -0.05) is 100 Å². The van der Waals surface area contributed by atoms with E-state index < -0.39 is 0 Å². The highest BCUT2D eigenvalue weighted by atomic mass is 35.5. The van der Waals surface area contributed by atoms with Crippen LogP contribution in [-0.4, -0.2) is 0 Å². The molecule has 0 radical (unpaired) electrons. The number of aryl methyl sites for hydroxylation is 3. The van der Waals surface area contributed by atoms with Crippen LogP contribution in [0.3, 0.4) is 0 Å². The summed E-state index contributed by atoms with van der Waals surface area (Å²) < 4.78 is 0.833. The summed E-state index contributed by atoms with van der Waals surface area (Å²) in [5.41, 5.74) is 8.01. The molecule has 0 spiro atoms. The van der Waals surface area contributed by atoms with Gasteiger partial charge in [-0.3, -0.25) is 0 Å². The zero-order valence-electron chi connectivity index (χ0n) is 30.2. The predicted molar refractivity (Wildman–Crippen MR) is 243 cm³/mol. The topological polar surface area (TPSA) is 0 Å². The van der Waals surface area contributed by atoms with Crippen LogP contribution < -0.4 is 0 Å². The Morgan fingerprint density at radius 3 is 1.49 bits per heavy atom. The van der Waals surface area contributed by atoms with E-state index >= 15 is 0 Å². The first-order valence-electron chi connectivity index (χ1n) is 18.5. The van der Waals surface area contributed by atoms with Gasteiger partial charge in [0.05, 0.1) is 14.1 Å². The third-order valence-corrected chi connectivity index (χ3v) is 17.5. The van der Waals surface area contributed by atoms with Crippen LogP contribution in [0.2, 0.25) is 4.34 Å². The van der Waals surface area contributed by atoms with Crippen molar-refractivity contribution in [1.82, 2.24) is 0 Å². The molecule has 7 heteroatoms. The third-order valence-electron chi connectivity index (χ3n) is 9.74. The van der Waals surface area contributed by atoms with Crippen LogP contribution in [0.4, 0.5) is 0 Å². The summed E-state index contributed by atoms with van der Waals surface area (Å²) in [5, 5.41) is 0. The van der Waals surface area contributed by atoms with Gasteiger partial charge in [0.15, 0.2) is 0 Å².